The van der Waals surface area contributed by atoms with Crippen LogP contribution in [0.3, 0.4) is 0 Å². The number of carboxylic acid groups (broad SMARTS) is 1. The largest absolute Gasteiger partial charge is 2.00 e. The first kappa shape index (κ1) is 12.3. The molecule has 0 aromatic heterocycles. The van der Waals surface area contributed by atoms with E-state index in [0.29, 0.717) is 5.56 Å². The van der Waals surface area contributed by atoms with Gasteiger partial charge in [0.1, 0.15) is 5.54 Å². The number of hydrogen-bond donors (Lipinski definition) is 2. The van der Waals surface area contributed by atoms with Gasteiger partial charge in [0.15, 0.2) is 0 Å². The molecule has 0 fully saturated rings. The third kappa shape index (κ3) is 2.61. The van der Waals surface area contributed by atoms with E-state index >= 15 is 0 Å². The molecule has 0 aliphatic carbocycles. The fourth-order valence-electron chi connectivity index (χ4n) is 0.908. The summed E-state index contributed by atoms with van der Waals surface area (Å²) in [6.45, 7) is 1.48. The molecular formula is C9H11NO2Zn+2. The molecular weight excluding hydrogens is 219 g/mol. The van der Waals surface area contributed by atoms with E-state index in [1.807, 2.05) is 6.07 Å². The van der Waals surface area contributed by atoms with Crippen molar-refractivity contribution in [3.05, 3.63) is 35.9 Å². The van der Waals surface area contributed by atoms with Gasteiger partial charge in [0.05, 0.1) is 0 Å². The van der Waals surface area contributed by atoms with Crippen LogP contribution in [0.25, 0.3) is 0 Å². The zero-order valence-corrected chi connectivity index (χ0v) is 10.5. The molecule has 1 rings (SSSR count). The monoisotopic (exact) mass is 229 g/mol. The van der Waals surface area contributed by atoms with E-state index in [4.69, 9.17) is 10.8 Å². The van der Waals surface area contributed by atoms with E-state index in [2.05, 4.69) is 0 Å². The molecule has 1 aromatic carbocycles. The Morgan fingerprint density at radius 3 is 2.23 bits per heavy atom. The summed E-state index contributed by atoms with van der Waals surface area (Å²) in [6, 6.07) is 8.76. The van der Waals surface area contributed by atoms with Gasteiger partial charge in [0.2, 0.25) is 0 Å². The second kappa shape index (κ2) is 4.49. The van der Waals surface area contributed by atoms with Crippen molar-refractivity contribution in [2.75, 3.05) is 0 Å². The molecule has 64 valence electrons. The van der Waals surface area contributed by atoms with Crippen LogP contribution in [0.15, 0.2) is 30.3 Å². The number of benzene rings is 1. The SMILES string of the molecule is CC(N)(C(=O)O)c1ccccc1.[Zn+2]. The Morgan fingerprint density at radius 1 is 1.38 bits per heavy atom. The number of hydrogen-bond acceptors (Lipinski definition) is 2. The van der Waals surface area contributed by atoms with Crippen LogP contribution in [-0.4, -0.2) is 11.1 Å². The number of rotatable bonds is 2. The Balaban J connectivity index is 0.00000144. The molecule has 0 saturated heterocycles. The van der Waals surface area contributed by atoms with Gasteiger partial charge in [-0.05, 0) is 12.5 Å². The van der Waals surface area contributed by atoms with Gasteiger partial charge in [-0.2, -0.15) is 0 Å². The van der Waals surface area contributed by atoms with Crippen LogP contribution < -0.4 is 5.73 Å². The summed E-state index contributed by atoms with van der Waals surface area (Å²) in [5.41, 5.74) is 4.90. The maximum Gasteiger partial charge on any atom is 2.00 e. The summed E-state index contributed by atoms with van der Waals surface area (Å²) in [4.78, 5) is 10.7. The molecule has 1 atom stereocenters. The van der Waals surface area contributed by atoms with Gasteiger partial charge in [0, 0.05) is 0 Å². The zero-order valence-electron chi connectivity index (χ0n) is 7.53. The number of aliphatic carboxylic acids is 1. The Morgan fingerprint density at radius 2 is 1.85 bits per heavy atom. The second-order valence-corrected chi connectivity index (χ2v) is 2.87. The van der Waals surface area contributed by atoms with Crippen molar-refractivity contribution in [2.24, 2.45) is 5.73 Å². The Bertz CT molecular complexity index is 285. The minimum Gasteiger partial charge on any atom is -0.480 e. The quantitative estimate of drug-likeness (QED) is 0.744. The maximum absolute atomic E-state index is 10.7. The van der Waals surface area contributed by atoms with Crippen molar-refractivity contribution in [1.82, 2.24) is 0 Å². The van der Waals surface area contributed by atoms with E-state index in [1.54, 1.807) is 24.3 Å². The summed E-state index contributed by atoms with van der Waals surface area (Å²) in [5.74, 6) is -1.02. The van der Waals surface area contributed by atoms with Crippen molar-refractivity contribution >= 4 is 5.97 Å². The third-order valence-electron chi connectivity index (χ3n) is 1.82. The van der Waals surface area contributed by atoms with Crippen LogP contribution in [0.1, 0.15) is 12.5 Å². The van der Waals surface area contributed by atoms with Crippen LogP contribution in [-0.2, 0) is 29.8 Å². The predicted molar refractivity (Wildman–Crippen MR) is 45.6 cm³/mol. The van der Waals surface area contributed by atoms with Gasteiger partial charge in [-0.1, -0.05) is 30.3 Å². The Kier molecular flexibility index (Phi) is 4.24. The first-order valence-corrected chi connectivity index (χ1v) is 3.63. The standard InChI is InChI=1S/C9H11NO2.Zn/c1-9(10,8(11)12)7-5-3-2-4-6-7;/h2-6H,10H2,1H3,(H,11,12);/q;+2. The van der Waals surface area contributed by atoms with E-state index in [-0.39, 0.29) is 19.5 Å². The van der Waals surface area contributed by atoms with Crippen molar-refractivity contribution in [3.8, 4) is 0 Å². The van der Waals surface area contributed by atoms with E-state index in [9.17, 15) is 4.79 Å². The molecule has 0 bridgehead atoms. The smallest absolute Gasteiger partial charge is 0.480 e. The summed E-state index contributed by atoms with van der Waals surface area (Å²) < 4.78 is 0. The van der Waals surface area contributed by atoms with E-state index in [1.165, 1.54) is 6.92 Å². The maximum atomic E-state index is 10.7. The van der Waals surface area contributed by atoms with Crippen molar-refractivity contribution < 1.29 is 29.4 Å². The first-order valence-electron chi connectivity index (χ1n) is 3.63. The summed E-state index contributed by atoms with van der Waals surface area (Å²) in [5, 5.41) is 8.77. The van der Waals surface area contributed by atoms with Crippen molar-refractivity contribution in [3.63, 3.8) is 0 Å². The molecule has 0 spiro atoms. The van der Waals surface area contributed by atoms with Gasteiger partial charge in [-0.3, -0.25) is 0 Å². The van der Waals surface area contributed by atoms with Crippen LogP contribution in [0.5, 0.6) is 0 Å². The first-order chi connectivity index (χ1) is 5.55. The molecule has 0 amide bonds. The fourth-order valence-corrected chi connectivity index (χ4v) is 0.908. The summed E-state index contributed by atoms with van der Waals surface area (Å²) in [7, 11) is 0. The van der Waals surface area contributed by atoms with Crippen molar-refractivity contribution in [2.45, 2.75) is 12.5 Å². The summed E-state index contributed by atoms with van der Waals surface area (Å²) >= 11 is 0. The van der Waals surface area contributed by atoms with Gasteiger partial charge in [-0.25, -0.2) is 4.79 Å². The molecule has 1 aromatic rings. The second-order valence-electron chi connectivity index (χ2n) is 2.87. The normalized spacial score (nSPS) is 14.0. The molecule has 0 radical (unpaired) electrons. The summed E-state index contributed by atoms with van der Waals surface area (Å²) in [6.07, 6.45) is 0. The number of carbonyl (C=O) groups is 1. The molecule has 0 aliphatic heterocycles. The van der Waals surface area contributed by atoms with Crippen LogP contribution in [0.2, 0.25) is 0 Å². The van der Waals surface area contributed by atoms with Crippen LogP contribution in [0, 0.1) is 0 Å². The molecule has 3 nitrogen and oxygen atoms in total. The molecule has 0 aliphatic rings. The molecule has 13 heavy (non-hydrogen) atoms. The van der Waals surface area contributed by atoms with E-state index < -0.39 is 11.5 Å². The van der Waals surface area contributed by atoms with Crippen LogP contribution in [0.4, 0.5) is 0 Å². The van der Waals surface area contributed by atoms with Gasteiger partial charge in [0.25, 0.3) is 0 Å². The Labute approximate surface area is 89.7 Å². The minimum absolute atomic E-state index is 0. The number of nitrogens with two attached hydrogens (primary N) is 1. The average Bonchev–Trinajstić information content (AvgIpc) is 2.06. The third-order valence-corrected chi connectivity index (χ3v) is 1.82. The topological polar surface area (TPSA) is 63.3 Å². The number of carboxylic acids is 1. The van der Waals surface area contributed by atoms with E-state index in [0.717, 1.165) is 0 Å². The fraction of sp³-hybridized carbons (Fsp3) is 0.222. The average molecular weight is 231 g/mol. The van der Waals surface area contributed by atoms with Gasteiger partial charge in [-0.15, -0.1) is 0 Å². The molecule has 0 saturated carbocycles. The predicted octanol–water partition coefficient (Wildman–Crippen LogP) is 0.943. The van der Waals surface area contributed by atoms with Gasteiger partial charge >= 0.3 is 25.4 Å². The minimum atomic E-state index is -1.29. The van der Waals surface area contributed by atoms with Crippen molar-refractivity contribution in [1.29, 1.82) is 0 Å². The van der Waals surface area contributed by atoms with Gasteiger partial charge < -0.3 is 10.8 Å². The molecule has 3 N–H and O–H groups in total. The zero-order chi connectivity index (χ0) is 9.19. The van der Waals surface area contributed by atoms with Crippen LogP contribution >= 0.6 is 0 Å². The molecule has 1 unspecified atom stereocenters. The molecule has 4 heteroatoms. The molecule has 0 heterocycles. The Hall–Kier alpha value is -0.727.